The molecule has 0 bridgehead atoms. The summed E-state index contributed by atoms with van der Waals surface area (Å²) in [5.74, 6) is 0.239. The lowest BCUT2D eigenvalue weighted by molar-refractivity contribution is -0.134. The first-order valence-corrected chi connectivity index (χ1v) is 4.91. The van der Waals surface area contributed by atoms with Gasteiger partial charge >= 0.3 is 0 Å². The van der Waals surface area contributed by atoms with Crippen molar-refractivity contribution in [2.45, 2.75) is 6.92 Å². The molecule has 0 aliphatic carbocycles. The fourth-order valence-electron chi connectivity index (χ4n) is 1.41. The smallest absolute Gasteiger partial charge is 0.236 e. The van der Waals surface area contributed by atoms with Gasteiger partial charge in [0.15, 0.2) is 0 Å². The maximum absolute atomic E-state index is 11.3. The molecule has 1 saturated heterocycles. The SMILES string of the molecule is CCNCCN1CCN(C)C(=O)C1. The van der Waals surface area contributed by atoms with E-state index in [9.17, 15) is 4.79 Å². The largest absolute Gasteiger partial charge is 0.343 e. The molecule has 1 aliphatic heterocycles. The molecule has 0 aromatic heterocycles. The van der Waals surface area contributed by atoms with Crippen molar-refractivity contribution in [1.82, 2.24) is 15.1 Å². The summed E-state index contributed by atoms with van der Waals surface area (Å²) in [6, 6.07) is 0. The second-order valence-electron chi connectivity index (χ2n) is 3.44. The fraction of sp³-hybridized carbons (Fsp3) is 0.889. The van der Waals surface area contributed by atoms with E-state index in [1.807, 2.05) is 7.05 Å². The highest BCUT2D eigenvalue weighted by Gasteiger charge is 2.19. The van der Waals surface area contributed by atoms with E-state index >= 15 is 0 Å². The van der Waals surface area contributed by atoms with Crippen molar-refractivity contribution < 1.29 is 4.79 Å². The Bertz CT molecular complexity index is 172. The predicted octanol–water partition coefficient (Wildman–Crippen LogP) is -0.630. The molecule has 1 amide bonds. The first-order valence-electron chi connectivity index (χ1n) is 4.91. The summed E-state index contributed by atoms with van der Waals surface area (Å²) in [7, 11) is 1.87. The van der Waals surface area contributed by atoms with Gasteiger partial charge in [0, 0.05) is 33.2 Å². The molecule has 4 nitrogen and oxygen atoms in total. The molecule has 0 radical (unpaired) electrons. The highest BCUT2D eigenvalue weighted by Crippen LogP contribution is 1.99. The molecule has 1 aliphatic rings. The summed E-state index contributed by atoms with van der Waals surface area (Å²) in [4.78, 5) is 15.3. The first-order chi connectivity index (χ1) is 6.24. The third-order valence-electron chi connectivity index (χ3n) is 2.39. The average Bonchev–Trinajstić information content (AvgIpc) is 2.12. The number of carbonyl (C=O) groups excluding carboxylic acids is 1. The quantitative estimate of drug-likeness (QED) is 0.592. The van der Waals surface area contributed by atoms with E-state index in [1.54, 1.807) is 4.90 Å². The third-order valence-corrected chi connectivity index (χ3v) is 2.39. The molecule has 0 spiro atoms. The normalized spacial score (nSPS) is 19.5. The molecule has 1 N–H and O–H groups in total. The summed E-state index contributed by atoms with van der Waals surface area (Å²) in [5.41, 5.74) is 0. The van der Waals surface area contributed by atoms with Crippen molar-refractivity contribution in [3.63, 3.8) is 0 Å². The zero-order chi connectivity index (χ0) is 9.68. The number of hydrogen-bond donors (Lipinski definition) is 1. The number of hydrogen-bond acceptors (Lipinski definition) is 3. The Morgan fingerprint density at radius 3 is 2.85 bits per heavy atom. The number of likely N-dealkylation sites (N-methyl/N-ethyl adjacent to an activating group) is 2. The Morgan fingerprint density at radius 1 is 1.46 bits per heavy atom. The molecular formula is C9H19N3O. The molecule has 1 rings (SSSR count). The van der Waals surface area contributed by atoms with Gasteiger partial charge < -0.3 is 10.2 Å². The van der Waals surface area contributed by atoms with Crippen molar-refractivity contribution in [1.29, 1.82) is 0 Å². The second kappa shape index (κ2) is 5.19. The number of nitrogens with one attached hydrogen (secondary N) is 1. The minimum Gasteiger partial charge on any atom is -0.343 e. The molecular weight excluding hydrogens is 166 g/mol. The molecule has 0 saturated carbocycles. The maximum atomic E-state index is 11.3. The van der Waals surface area contributed by atoms with Gasteiger partial charge in [-0.3, -0.25) is 9.69 Å². The van der Waals surface area contributed by atoms with Crippen LogP contribution in [0.5, 0.6) is 0 Å². The van der Waals surface area contributed by atoms with Crippen LogP contribution in [0.1, 0.15) is 6.92 Å². The van der Waals surface area contributed by atoms with Gasteiger partial charge in [0.25, 0.3) is 0 Å². The summed E-state index contributed by atoms with van der Waals surface area (Å²) in [6.07, 6.45) is 0. The lowest BCUT2D eigenvalue weighted by Gasteiger charge is -2.31. The molecule has 0 aromatic rings. The monoisotopic (exact) mass is 185 g/mol. The van der Waals surface area contributed by atoms with Crippen molar-refractivity contribution >= 4 is 5.91 Å². The maximum Gasteiger partial charge on any atom is 0.236 e. The third kappa shape index (κ3) is 3.32. The van der Waals surface area contributed by atoms with Crippen LogP contribution in [0.3, 0.4) is 0 Å². The standard InChI is InChI=1S/C9H19N3O/c1-3-10-4-5-12-7-6-11(2)9(13)8-12/h10H,3-8H2,1-2H3. The summed E-state index contributed by atoms with van der Waals surface area (Å²) in [5, 5.41) is 3.26. The number of nitrogens with zero attached hydrogens (tertiary/aromatic N) is 2. The minimum atomic E-state index is 0.239. The minimum absolute atomic E-state index is 0.239. The van der Waals surface area contributed by atoms with E-state index < -0.39 is 0 Å². The number of rotatable bonds is 4. The van der Waals surface area contributed by atoms with Gasteiger partial charge in [-0.2, -0.15) is 0 Å². The summed E-state index contributed by atoms with van der Waals surface area (Å²) in [6.45, 7) is 7.51. The molecule has 4 heteroatoms. The van der Waals surface area contributed by atoms with Crippen LogP contribution in [0.15, 0.2) is 0 Å². The Hall–Kier alpha value is -0.610. The Kier molecular flexibility index (Phi) is 4.18. The van der Waals surface area contributed by atoms with Crippen LogP contribution in [0.2, 0.25) is 0 Å². The van der Waals surface area contributed by atoms with Crippen LogP contribution in [0.4, 0.5) is 0 Å². The Morgan fingerprint density at radius 2 is 2.23 bits per heavy atom. The predicted molar refractivity (Wildman–Crippen MR) is 52.6 cm³/mol. The van der Waals surface area contributed by atoms with Gasteiger partial charge in [-0.1, -0.05) is 6.92 Å². The molecule has 0 aromatic carbocycles. The first kappa shape index (κ1) is 10.5. The van der Waals surface area contributed by atoms with Crippen molar-refractivity contribution in [3.8, 4) is 0 Å². The number of piperazine rings is 1. The van der Waals surface area contributed by atoms with Crippen molar-refractivity contribution in [2.24, 2.45) is 0 Å². The molecule has 0 atom stereocenters. The lowest BCUT2D eigenvalue weighted by Crippen LogP contribution is -2.49. The topological polar surface area (TPSA) is 35.6 Å². The summed E-state index contributed by atoms with van der Waals surface area (Å²) >= 11 is 0. The number of amides is 1. The molecule has 13 heavy (non-hydrogen) atoms. The van der Waals surface area contributed by atoms with E-state index in [2.05, 4.69) is 17.1 Å². The van der Waals surface area contributed by atoms with Gasteiger partial charge in [0.05, 0.1) is 6.54 Å². The number of carbonyl (C=O) groups is 1. The van der Waals surface area contributed by atoms with E-state index in [-0.39, 0.29) is 5.91 Å². The lowest BCUT2D eigenvalue weighted by atomic mass is 10.3. The van der Waals surface area contributed by atoms with Gasteiger partial charge in [0.1, 0.15) is 0 Å². The van der Waals surface area contributed by atoms with Crippen LogP contribution in [-0.4, -0.2) is 62.0 Å². The fourth-order valence-corrected chi connectivity index (χ4v) is 1.41. The van der Waals surface area contributed by atoms with E-state index in [0.29, 0.717) is 6.54 Å². The van der Waals surface area contributed by atoms with Gasteiger partial charge in [-0.15, -0.1) is 0 Å². The van der Waals surface area contributed by atoms with Crippen molar-refractivity contribution in [2.75, 3.05) is 46.3 Å². The Balaban J connectivity index is 2.18. The molecule has 1 heterocycles. The van der Waals surface area contributed by atoms with Crippen LogP contribution in [-0.2, 0) is 4.79 Å². The summed E-state index contributed by atoms with van der Waals surface area (Å²) < 4.78 is 0. The molecule has 76 valence electrons. The van der Waals surface area contributed by atoms with Gasteiger partial charge in [0.2, 0.25) is 5.91 Å². The van der Waals surface area contributed by atoms with Gasteiger partial charge in [-0.25, -0.2) is 0 Å². The van der Waals surface area contributed by atoms with E-state index in [4.69, 9.17) is 0 Å². The highest BCUT2D eigenvalue weighted by molar-refractivity contribution is 5.78. The van der Waals surface area contributed by atoms with E-state index in [0.717, 1.165) is 32.7 Å². The van der Waals surface area contributed by atoms with Crippen LogP contribution in [0.25, 0.3) is 0 Å². The van der Waals surface area contributed by atoms with Crippen LogP contribution < -0.4 is 5.32 Å². The zero-order valence-corrected chi connectivity index (χ0v) is 8.55. The average molecular weight is 185 g/mol. The second-order valence-corrected chi connectivity index (χ2v) is 3.44. The molecule has 1 fully saturated rings. The highest BCUT2D eigenvalue weighted by atomic mass is 16.2. The zero-order valence-electron chi connectivity index (χ0n) is 8.55. The van der Waals surface area contributed by atoms with Crippen LogP contribution >= 0.6 is 0 Å². The van der Waals surface area contributed by atoms with Gasteiger partial charge in [-0.05, 0) is 6.54 Å². The van der Waals surface area contributed by atoms with E-state index in [1.165, 1.54) is 0 Å². The Labute approximate surface area is 79.9 Å². The van der Waals surface area contributed by atoms with Crippen molar-refractivity contribution in [3.05, 3.63) is 0 Å². The van der Waals surface area contributed by atoms with Crippen LogP contribution in [0, 0.1) is 0 Å². The molecule has 0 unspecified atom stereocenters.